The average Bonchev–Trinajstić information content (AvgIpc) is 2.65. The highest BCUT2D eigenvalue weighted by Gasteiger charge is 2.21. The minimum Gasteiger partial charge on any atom is -0.444 e. The summed E-state index contributed by atoms with van der Waals surface area (Å²) in [5, 5.41) is 5.41. The molecule has 0 bridgehead atoms. The number of amides is 2. The topological polar surface area (TPSA) is 70.7 Å². The fourth-order valence-corrected chi connectivity index (χ4v) is 3.42. The lowest BCUT2D eigenvalue weighted by molar-refractivity contribution is -0.122. The van der Waals surface area contributed by atoms with E-state index in [4.69, 9.17) is 4.74 Å². The van der Waals surface area contributed by atoms with E-state index in [9.17, 15) is 9.59 Å². The lowest BCUT2D eigenvalue weighted by Crippen LogP contribution is -2.46. The molecule has 0 aromatic heterocycles. The van der Waals surface area contributed by atoms with Crippen molar-refractivity contribution < 1.29 is 14.3 Å². The highest BCUT2D eigenvalue weighted by Crippen LogP contribution is 2.26. The number of nitrogens with one attached hydrogen (secondary N) is 2. The van der Waals surface area contributed by atoms with Crippen molar-refractivity contribution in [2.75, 3.05) is 11.9 Å². The molecular formula is C22H35N3O3. The van der Waals surface area contributed by atoms with Crippen LogP contribution in [0.2, 0.25) is 0 Å². The highest BCUT2D eigenvalue weighted by molar-refractivity contribution is 5.85. The van der Waals surface area contributed by atoms with Crippen LogP contribution in [0.1, 0.15) is 65.4 Å². The van der Waals surface area contributed by atoms with Crippen LogP contribution in [0.3, 0.4) is 0 Å². The van der Waals surface area contributed by atoms with Gasteiger partial charge in [-0.2, -0.15) is 0 Å². The Morgan fingerprint density at radius 2 is 1.75 bits per heavy atom. The van der Waals surface area contributed by atoms with Gasteiger partial charge in [-0.3, -0.25) is 4.79 Å². The quantitative estimate of drug-likeness (QED) is 0.772. The second-order valence-electron chi connectivity index (χ2n) is 8.65. The van der Waals surface area contributed by atoms with Gasteiger partial charge in [0.2, 0.25) is 5.91 Å². The van der Waals surface area contributed by atoms with Crippen molar-refractivity contribution in [1.82, 2.24) is 10.6 Å². The van der Waals surface area contributed by atoms with Crippen LogP contribution in [0.4, 0.5) is 10.5 Å². The minimum atomic E-state index is -0.661. The Morgan fingerprint density at radius 3 is 2.32 bits per heavy atom. The van der Waals surface area contributed by atoms with E-state index in [-0.39, 0.29) is 5.91 Å². The standard InChI is InChI=1S/C22H35N3O3/c1-16(24-21(27)28-22(2,3)4)20(26)23-15-17-11-13-19(14-12-17)25(5)18-9-7-6-8-10-18/h11-14,16,18H,6-10,15H2,1-5H3,(H,23,26)(H,24,27)/t16-/m1/s1. The number of nitrogens with zero attached hydrogens (tertiary/aromatic N) is 1. The molecule has 0 spiro atoms. The monoisotopic (exact) mass is 389 g/mol. The Bertz CT molecular complexity index is 646. The summed E-state index contributed by atoms with van der Waals surface area (Å²) in [5.41, 5.74) is 1.65. The molecule has 0 aliphatic heterocycles. The fraction of sp³-hybridized carbons (Fsp3) is 0.636. The SMILES string of the molecule is C[C@@H](NC(=O)OC(C)(C)C)C(=O)NCc1ccc(N(C)C2CCCCC2)cc1. The molecule has 0 saturated heterocycles. The number of benzene rings is 1. The molecule has 1 aliphatic rings. The van der Waals surface area contributed by atoms with Crippen LogP contribution in [0.15, 0.2) is 24.3 Å². The van der Waals surface area contributed by atoms with Gasteiger partial charge >= 0.3 is 6.09 Å². The van der Waals surface area contributed by atoms with Crippen LogP contribution < -0.4 is 15.5 Å². The van der Waals surface area contributed by atoms with Crippen LogP contribution in [0.5, 0.6) is 0 Å². The third-order valence-corrected chi connectivity index (χ3v) is 5.06. The number of carbonyl (C=O) groups excluding carboxylic acids is 2. The smallest absolute Gasteiger partial charge is 0.408 e. The fourth-order valence-electron chi connectivity index (χ4n) is 3.42. The molecule has 0 heterocycles. The molecule has 1 saturated carbocycles. The zero-order valence-electron chi connectivity index (χ0n) is 17.9. The zero-order chi connectivity index (χ0) is 20.7. The van der Waals surface area contributed by atoms with Crippen molar-refractivity contribution in [3.63, 3.8) is 0 Å². The molecule has 1 aromatic carbocycles. The minimum absolute atomic E-state index is 0.241. The first-order valence-electron chi connectivity index (χ1n) is 10.2. The molecule has 2 rings (SSSR count). The van der Waals surface area contributed by atoms with E-state index >= 15 is 0 Å². The summed E-state index contributed by atoms with van der Waals surface area (Å²) in [6.45, 7) is 7.42. The summed E-state index contributed by atoms with van der Waals surface area (Å²) in [7, 11) is 2.16. The van der Waals surface area contributed by atoms with E-state index in [1.807, 2.05) is 12.1 Å². The van der Waals surface area contributed by atoms with Gasteiger partial charge in [0.05, 0.1) is 0 Å². The number of carbonyl (C=O) groups is 2. The molecule has 0 radical (unpaired) electrons. The van der Waals surface area contributed by atoms with Crippen LogP contribution in [0, 0.1) is 0 Å². The molecule has 1 aromatic rings. The molecule has 6 nitrogen and oxygen atoms in total. The van der Waals surface area contributed by atoms with Gasteiger partial charge in [-0.15, -0.1) is 0 Å². The Morgan fingerprint density at radius 1 is 1.14 bits per heavy atom. The van der Waals surface area contributed by atoms with Crippen molar-refractivity contribution in [1.29, 1.82) is 0 Å². The van der Waals surface area contributed by atoms with Crippen molar-refractivity contribution in [3.05, 3.63) is 29.8 Å². The first kappa shape index (κ1) is 22.1. The lowest BCUT2D eigenvalue weighted by atomic mass is 9.94. The summed E-state index contributed by atoms with van der Waals surface area (Å²) in [4.78, 5) is 26.3. The van der Waals surface area contributed by atoms with Crippen LogP contribution in [-0.2, 0) is 16.1 Å². The Labute approximate surface area is 169 Å². The maximum atomic E-state index is 12.2. The normalized spacial score (nSPS) is 16.2. The molecule has 1 atom stereocenters. The van der Waals surface area contributed by atoms with Crippen LogP contribution >= 0.6 is 0 Å². The van der Waals surface area contributed by atoms with Crippen molar-refractivity contribution in [3.8, 4) is 0 Å². The van der Waals surface area contributed by atoms with Gasteiger partial charge in [-0.1, -0.05) is 31.4 Å². The third-order valence-electron chi connectivity index (χ3n) is 5.06. The van der Waals surface area contributed by atoms with Gasteiger partial charge in [-0.25, -0.2) is 4.79 Å². The third kappa shape index (κ3) is 7.06. The van der Waals surface area contributed by atoms with E-state index in [0.29, 0.717) is 12.6 Å². The molecule has 1 aliphatic carbocycles. The Hall–Kier alpha value is -2.24. The largest absolute Gasteiger partial charge is 0.444 e. The first-order chi connectivity index (χ1) is 13.2. The van der Waals surface area contributed by atoms with E-state index in [1.165, 1.54) is 37.8 Å². The molecule has 0 unspecified atom stereocenters. The zero-order valence-corrected chi connectivity index (χ0v) is 17.9. The van der Waals surface area contributed by atoms with Gasteiger partial charge in [-0.05, 0) is 58.2 Å². The van der Waals surface area contributed by atoms with Crippen LogP contribution in [0.25, 0.3) is 0 Å². The predicted octanol–water partition coefficient (Wildman–Crippen LogP) is 3.98. The Balaban J connectivity index is 1.80. The maximum Gasteiger partial charge on any atom is 0.408 e. The van der Waals surface area contributed by atoms with E-state index in [0.717, 1.165) is 5.56 Å². The maximum absolute atomic E-state index is 12.2. The average molecular weight is 390 g/mol. The summed E-state index contributed by atoms with van der Waals surface area (Å²) in [6, 6.07) is 8.27. The van der Waals surface area contributed by atoms with Gasteiger partial charge in [0, 0.05) is 25.3 Å². The second-order valence-corrected chi connectivity index (χ2v) is 8.65. The van der Waals surface area contributed by atoms with E-state index in [2.05, 4.69) is 34.7 Å². The molecule has 2 amide bonds. The van der Waals surface area contributed by atoms with E-state index in [1.54, 1.807) is 27.7 Å². The van der Waals surface area contributed by atoms with Crippen molar-refractivity contribution in [2.45, 2.75) is 84.0 Å². The second kappa shape index (κ2) is 9.80. The van der Waals surface area contributed by atoms with Gasteiger partial charge in [0.25, 0.3) is 0 Å². The first-order valence-corrected chi connectivity index (χ1v) is 10.2. The molecule has 6 heteroatoms. The lowest BCUT2D eigenvalue weighted by Gasteiger charge is -2.33. The predicted molar refractivity (Wildman–Crippen MR) is 112 cm³/mol. The molecule has 28 heavy (non-hydrogen) atoms. The molecule has 2 N–H and O–H groups in total. The number of anilines is 1. The molecule has 156 valence electrons. The summed E-state index contributed by atoms with van der Waals surface area (Å²) >= 11 is 0. The van der Waals surface area contributed by atoms with Gasteiger partial charge in [0.1, 0.15) is 11.6 Å². The van der Waals surface area contributed by atoms with E-state index < -0.39 is 17.7 Å². The summed E-state index contributed by atoms with van der Waals surface area (Å²) in [5.74, 6) is -0.241. The number of alkyl carbamates (subject to hydrolysis) is 1. The van der Waals surface area contributed by atoms with Crippen LogP contribution in [-0.4, -0.2) is 36.7 Å². The van der Waals surface area contributed by atoms with Crippen molar-refractivity contribution >= 4 is 17.7 Å². The number of hydrogen-bond acceptors (Lipinski definition) is 4. The van der Waals surface area contributed by atoms with Gasteiger partial charge < -0.3 is 20.3 Å². The summed E-state index contributed by atoms with van der Waals surface area (Å²) in [6.07, 6.45) is 5.91. The number of hydrogen-bond donors (Lipinski definition) is 2. The van der Waals surface area contributed by atoms with Gasteiger partial charge in [0.15, 0.2) is 0 Å². The highest BCUT2D eigenvalue weighted by atomic mass is 16.6. The van der Waals surface area contributed by atoms with Crippen molar-refractivity contribution in [2.24, 2.45) is 0 Å². The summed E-state index contributed by atoms with van der Waals surface area (Å²) < 4.78 is 5.17. The Kier molecular flexibility index (Phi) is 7.72. The molecule has 1 fully saturated rings. The number of ether oxygens (including phenoxy) is 1. The molecular weight excluding hydrogens is 354 g/mol. The number of rotatable bonds is 6.